The van der Waals surface area contributed by atoms with E-state index in [4.69, 9.17) is 23.2 Å². The molecule has 0 aromatic heterocycles. The van der Waals surface area contributed by atoms with Crippen molar-refractivity contribution in [3.05, 3.63) is 98.5 Å². The van der Waals surface area contributed by atoms with Crippen LogP contribution in [0.2, 0.25) is 10.0 Å². The van der Waals surface area contributed by atoms with E-state index in [9.17, 15) is 14.7 Å². The zero-order valence-electron chi connectivity index (χ0n) is 17.2. The Morgan fingerprint density at radius 3 is 2.52 bits per heavy atom. The normalized spacial score (nSPS) is 17.7. The van der Waals surface area contributed by atoms with Crippen LogP contribution in [0.15, 0.2) is 60.7 Å². The Morgan fingerprint density at radius 1 is 1.03 bits per heavy atom. The summed E-state index contributed by atoms with van der Waals surface area (Å²) in [5.74, 6) is -0.950. The van der Waals surface area contributed by atoms with Gasteiger partial charge in [-0.25, -0.2) is 0 Å². The number of Topliss-reactive ketones (excluding diaryl/α,β-unsaturated/α-hetero) is 1. The lowest BCUT2D eigenvalue weighted by Crippen LogP contribution is -2.41. The second kappa shape index (κ2) is 8.12. The molecule has 4 rings (SSSR count). The number of aliphatic hydroxyl groups is 1. The molecule has 1 amide bonds. The van der Waals surface area contributed by atoms with Gasteiger partial charge in [-0.15, -0.1) is 0 Å². The average molecular weight is 454 g/mol. The van der Waals surface area contributed by atoms with Crippen molar-refractivity contribution < 1.29 is 14.7 Å². The molecule has 158 valence electrons. The van der Waals surface area contributed by atoms with Gasteiger partial charge in [0.2, 0.25) is 0 Å². The third-order valence-corrected chi connectivity index (χ3v) is 6.27. The molecule has 0 unspecified atom stereocenters. The van der Waals surface area contributed by atoms with E-state index in [2.05, 4.69) is 0 Å². The molecule has 6 heteroatoms. The maximum Gasteiger partial charge on any atom is 0.264 e. The Balaban J connectivity index is 1.71. The molecule has 0 fully saturated rings. The van der Waals surface area contributed by atoms with Crippen LogP contribution in [0, 0.1) is 13.8 Å². The summed E-state index contributed by atoms with van der Waals surface area (Å²) in [6.45, 7) is 4.29. The summed E-state index contributed by atoms with van der Waals surface area (Å²) in [6, 6.07) is 17.6. The number of aryl methyl sites for hydroxylation is 2. The number of benzene rings is 3. The molecule has 3 aromatic rings. The first-order valence-electron chi connectivity index (χ1n) is 9.89. The number of para-hydroxylation sites is 1. The summed E-state index contributed by atoms with van der Waals surface area (Å²) in [6.07, 6.45) is -0.409. The fourth-order valence-electron chi connectivity index (χ4n) is 4.02. The molecule has 1 N–H and O–H groups in total. The minimum Gasteiger partial charge on any atom is -0.375 e. The van der Waals surface area contributed by atoms with Crippen molar-refractivity contribution in [2.24, 2.45) is 0 Å². The van der Waals surface area contributed by atoms with Gasteiger partial charge in [-0.3, -0.25) is 9.59 Å². The smallest absolute Gasteiger partial charge is 0.264 e. The second-order valence-electron chi connectivity index (χ2n) is 7.92. The summed E-state index contributed by atoms with van der Waals surface area (Å²) >= 11 is 12.1. The van der Waals surface area contributed by atoms with E-state index in [-0.39, 0.29) is 10.6 Å². The summed E-state index contributed by atoms with van der Waals surface area (Å²) in [5.41, 5.74) is 2.40. The van der Waals surface area contributed by atoms with Crippen LogP contribution in [0.1, 0.15) is 39.0 Å². The van der Waals surface area contributed by atoms with Gasteiger partial charge in [0.1, 0.15) is 0 Å². The van der Waals surface area contributed by atoms with Gasteiger partial charge in [0.25, 0.3) is 5.91 Å². The average Bonchev–Trinajstić information content (AvgIpc) is 2.92. The lowest BCUT2D eigenvalue weighted by atomic mass is 9.88. The largest absolute Gasteiger partial charge is 0.375 e. The molecule has 1 aliphatic rings. The molecular formula is C25H21Cl2NO3. The SMILES string of the molecule is Cc1ccc(C)c(CN2C(=O)[C@](O)(CC(=O)c3ccc(Cl)cc3Cl)c3ccccc32)c1. The first kappa shape index (κ1) is 21.6. The van der Waals surface area contributed by atoms with Crippen molar-refractivity contribution in [3.8, 4) is 0 Å². The number of halogens is 2. The zero-order chi connectivity index (χ0) is 22.3. The highest BCUT2D eigenvalue weighted by Crippen LogP contribution is 2.44. The molecule has 0 bridgehead atoms. The number of fused-ring (bicyclic) bond motifs is 1. The fraction of sp³-hybridized carbons (Fsp3) is 0.200. The van der Waals surface area contributed by atoms with Crippen molar-refractivity contribution in [2.75, 3.05) is 4.90 Å². The standard InChI is InChI=1S/C25H21Cl2NO3/c1-15-7-8-16(2)17(11-15)14-28-22-6-4-3-5-20(22)25(31,24(28)30)13-23(29)19-10-9-18(26)12-21(19)27/h3-12,31H,13-14H2,1-2H3/t25-/m0/s1. The minimum atomic E-state index is -1.96. The van der Waals surface area contributed by atoms with E-state index in [0.717, 1.165) is 16.7 Å². The van der Waals surface area contributed by atoms with Crippen molar-refractivity contribution in [2.45, 2.75) is 32.4 Å². The Kier molecular flexibility index (Phi) is 5.65. The van der Waals surface area contributed by atoms with Crippen LogP contribution in [-0.4, -0.2) is 16.8 Å². The number of nitrogens with zero attached hydrogens (tertiary/aromatic N) is 1. The maximum atomic E-state index is 13.5. The summed E-state index contributed by atoms with van der Waals surface area (Å²) in [7, 11) is 0. The van der Waals surface area contributed by atoms with Crippen molar-refractivity contribution >= 4 is 40.6 Å². The number of anilines is 1. The monoisotopic (exact) mass is 453 g/mol. The minimum absolute atomic E-state index is 0.187. The third kappa shape index (κ3) is 3.87. The van der Waals surface area contributed by atoms with E-state index in [1.165, 1.54) is 12.1 Å². The number of rotatable bonds is 5. The number of amides is 1. The maximum absolute atomic E-state index is 13.5. The number of hydrogen-bond donors (Lipinski definition) is 1. The van der Waals surface area contributed by atoms with Gasteiger partial charge in [-0.1, -0.05) is 65.2 Å². The number of ketones is 1. The lowest BCUT2D eigenvalue weighted by molar-refractivity contribution is -0.136. The fourth-order valence-corrected chi connectivity index (χ4v) is 4.53. The van der Waals surface area contributed by atoms with Crippen molar-refractivity contribution in [1.29, 1.82) is 0 Å². The van der Waals surface area contributed by atoms with Gasteiger partial charge in [-0.05, 0) is 49.2 Å². The molecule has 1 aliphatic heterocycles. The molecule has 0 radical (unpaired) electrons. The Labute approximate surface area is 191 Å². The zero-order valence-corrected chi connectivity index (χ0v) is 18.7. The van der Waals surface area contributed by atoms with Gasteiger partial charge in [0, 0.05) is 16.1 Å². The van der Waals surface area contributed by atoms with Gasteiger partial charge >= 0.3 is 0 Å². The topological polar surface area (TPSA) is 57.6 Å². The number of carbonyl (C=O) groups is 2. The van der Waals surface area contributed by atoms with Gasteiger partial charge in [-0.2, -0.15) is 0 Å². The molecule has 4 nitrogen and oxygen atoms in total. The molecule has 0 saturated heterocycles. The van der Waals surface area contributed by atoms with Crippen LogP contribution >= 0.6 is 23.2 Å². The number of hydrogen-bond acceptors (Lipinski definition) is 3. The molecule has 0 aliphatic carbocycles. The van der Waals surface area contributed by atoms with Gasteiger partial charge in [0.15, 0.2) is 11.4 Å². The Bertz CT molecular complexity index is 1210. The van der Waals surface area contributed by atoms with Crippen LogP contribution < -0.4 is 4.90 Å². The Morgan fingerprint density at radius 2 is 1.77 bits per heavy atom. The predicted octanol–water partition coefficient (Wildman–Crippen LogP) is 5.62. The van der Waals surface area contributed by atoms with Gasteiger partial charge in [0.05, 0.1) is 23.7 Å². The van der Waals surface area contributed by atoms with Crippen LogP contribution in [0.4, 0.5) is 5.69 Å². The van der Waals surface area contributed by atoms with Crippen LogP contribution in [0.5, 0.6) is 0 Å². The molecule has 31 heavy (non-hydrogen) atoms. The van der Waals surface area contributed by atoms with Crippen molar-refractivity contribution in [1.82, 2.24) is 0 Å². The first-order valence-corrected chi connectivity index (χ1v) is 10.6. The van der Waals surface area contributed by atoms with Crippen LogP contribution in [0.25, 0.3) is 0 Å². The lowest BCUT2D eigenvalue weighted by Gasteiger charge is -2.23. The summed E-state index contributed by atoms with van der Waals surface area (Å²) in [5, 5.41) is 12.1. The molecule has 0 spiro atoms. The highest BCUT2D eigenvalue weighted by molar-refractivity contribution is 6.37. The van der Waals surface area contributed by atoms with E-state index >= 15 is 0 Å². The van der Waals surface area contributed by atoms with E-state index in [1.54, 1.807) is 29.2 Å². The first-order chi connectivity index (χ1) is 14.7. The van der Waals surface area contributed by atoms with Crippen LogP contribution in [0.3, 0.4) is 0 Å². The highest BCUT2D eigenvalue weighted by atomic mass is 35.5. The van der Waals surface area contributed by atoms with Crippen LogP contribution in [-0.2, 0) is 16.9 Å². The van der Waals surface area contributed by atoms with E-state index in [0.29, 0.717) is 22.8 Å². The summed E-state index contributed by atoms with van der Waals surface area (Å²) < 4.78 is 0. The molecular weight excluding hydrogens is 433 g/mol. The molecule has 0 saturated carbocycles. The van der Waals surface area contributed by atoms with E-state index in [1.807, 2.05) is 38.1 Å². The second-order valence-corrected chi connectivity index (χ2v) is 8.77. The third-order valence-electron chi connectivity index (χ3n) is 5.72. The summed E-state index contributed by atoms with van der Waals surface area (Å²) in [4.78, 5) is 28.0. The predicted molar refractivity (Wildman–Crippen MR) is 123 cm³/mol. The molecule has 1 heterocycles. The Hall–Kier alpha value is -2.66. The quantitative estimate of drug-likeness (QED) is 0.510. The number of carbonyl (C=O) groups excluding carboxylic acids is 2. The highest BCUT2D eigenvalue weighted by Gasteiger charge is 2.50. The van der Waals surface area contributed by atoms with E-state index < -0.39 is 23.7 Å². The van der Waals surface area contributed by atoms with Crippen molar-refractivity contribution in [3.63, 3.8) is 0 Å². The molecule has 3 aromatic carbocycles. The molecule has 1 atom stereocenters. The van der Waals surface area contributed by atoms with Gasteiger partial charge < -0.3 is 10.0 Å².